The van der Waals surface area contributed by atoms with Crippen LogP contribution in [0.5, 0.6) is 0 Å². The van der Waals surface area contributed by atoms with Crippen LogP contribution in [0.25, 0.3) is 0 Å². The van der Waals surface area contributed by atoms with E-state index >= 15 is 0 Å². The van der Waals surface area contributed by atoms with Gasteiger partial charge in [0.1, 0.15) is 0 Å². The normalized spacial score (nSPS) is 17.5. The maximum absolute atomic E-state index is 12.1. The van der Waals surface area contributed by atoms with Crippen molar-refractivity contribution in [2.75, 3.05) is 11.9 Å². The molecule has 1 aromatic rings. The number of hydrogen-bond acceptors (Lipinski definition) is 3. The minimum atomic E-state index is -0.109. The largest absolute Gasteiger partial charge is 0.350 e. The third kappa shape index (κ3) is 5.31. The average molecular weight is 326 g/mol. The highest BCUT2D eigenvalue weighted by atomic mass is 35.5. The van der Waals surface area contributed by atoms with Crippen molar-refractivity contribution < 1.29 is 9.59 Å². The Balaban J connectivity index is 0.00000242. The van der Waals surface area contributed by atoms with Gasteiger partial charge in [0.25, 0.3) is 5.91 Å². The van der Waals surface area contributed by atoms with E-state index in [1.807, 2.05) is 13.8 Å². The van der Waals surface area contributed by atoms with Crippen LogP contribution < -0.4 is 16.0 Å². The molecule has 2 amide bonds. The first-order valence-electron chi connectivity index (χ1n) is 7.51. The molecule has 1 atom stereocenters. The minimum absolute atomic E-state index is 0. The fourth-order valence-corrected chi connectivity index (χ4v) is 2.36. The van der Waals surface area contributed by atoms with Crippen LogP contribution in [0, 0.1) is 0 Å². The van der Waals surface area contributed by atoms with E-state index in [1.54, 1.807) is 24.3 Å². The van der Waals surface area contributed by atoms with E-state index in [4.69, 9.17) is 0 Å². The maximum atomic E-state index is 12.1. The molecule has 3 N–H and O–H groups in total. The summed E-state index contributed by atoms with van der Waals surface area (Å²) in [7, 11) is 0. The lowest BCUT2D eigenvalue weighted by atomic mass is 10.0. The van der Waals surface area contributed by atoms with Crippen molar-refractivity contribution in [3.63, 3.8) is 0 Å². The molecular formula is C16H24ClN3O2. The van der Waals surface area contributed by atoms with Crippen LogP contribution in [-0.4, -0.2) is 30.4 Å². The third-order valence-electron chi connectivity index (χ3n) is 3.46. The smallest absolute Gasteiger partial charge is 0.251 e. The summed E-state index contributed by atoms with van der Waals surface area (Å²) in [5, 5.41) is 8.93. The first-order chi connectivity index (χ1) is 10.1. The van der Waals surface area contributed by atoms with Crippen LogP contribution in [0.4, 0.5) is 5.69 Å². The number of benzene rings is 1. The number of hydrogen-bond donors (Lipinski definition) is 3. The average Bonchev–Trinajstić information content (AvgIpc) is 2.48. The van der Waals surface area contributed by atoms with Crippen LogP contribution in [0.3, 0.4) is 0 Å². The van der Waals surface area contributed by atoms with E-state index in [1.165, 1.54) is 0 Å². The van der Waals surface area contributed by atoms with E-state index in [-0.39, 0.29) is 36.3 Å². The molecule has 6 heteroatoms. The van der Waals surface area contributed by atoms with Gasteiger partial charge >= 0.3 is 0 Å². The van der Waals surface area contributed by atoms with Crippen molar-refractivity contribution in [1.29, 1.82) is 0 Å². The number of piperidine rings is 1. The number of halogens is 1. The second-order valence-electron chi connectivity index (χ2n) is 5.70. The van der Waals surface area contributed by atoms with Gasteiger partial charge < -0.3 is 16.0 Å². The number of nitrogens with one attached hydrogen (secondary N) is 3. The van der Waals surface area contributed by atoms with Crippen molar-refractivity contribution in [1.82, 2.24) is 10.6 Å². The van der Waals surface area contributed by atoms with Crippen molar-refractivity contribution in [3.05, 3.63) is 29.8 Å². The summed E-state index contributed by atoms with van der Waals surface area (Å²) in [5.74, 6) is -0.106. The molecule has 5 nitrogen and oxygen atoms in total. The predicted molar refractivity (Wildman–Crippen MR) is 90.6 cm³/mol. The van der Waals surface area contributed by atoms with Gasteiger partial charge in [-0.3, -0.25) is 9.59 Å². The van der Waals surface area contributed by atoms with Gasteiger partial charge in [0.2, 0.25) is 5.91 Å². The maximum Gasteiger partial charge on any atom is 0.251 e. The molecule has 0 bridgehead atoms. The van der Waals surface area contributed by atoms with E-state index in [2.05, 4.69) is 16.0 Å². The lowest BCUT2D eigenvalue weighted by molar-refractivity contribution is -0.118. The zero-order chi connectivity index (χ0) is 15.2. The Morgan fingerprint density at radius 1 is 1.18 bits per heavy atom. The van der Waals surface area contributed by atoms with Gasteiger partial charge in [0, 0.05) is 17.3 Å². The third-order valence-corrected chi connectivity index (χ3v) is 3.46. The predicted octanol–water partition coefficient (Wildman–Crippen LogP) is 2.33. The van der Waals surface area contributed by atoms with E-state index in [0.717, 1.165) is 25.8 Å². The van der Waals surface area contributed by atoms with Gasteiger partial charge in [0.05, 0.1) is 6.04 Å². The van der Waals surface area contributed by atoms with Crippen LogP contribution in [-0.2, 0) is 4.79 Å². The quantitative estimate of drug-likeness (QED) is 0.795. The highest BCUT2D eigenvalue weighted by Crippen LogP contribution is 2.13. The summed E-state index contributed by atoms with van der Waals surface area (Å²) in [6.07, 6.45) is 3.09. The molecule has 0 aliphatic carbocycles. The molecular weight excluding hydrogens is 302 g/mol. The molecule has 1 aliphatic rings. The summed E-state index contributed by atoms with van der Waals surface area (Å²) in [6, 6.07) is 6.96. The minimum Gasteiger partial charge on any atom is -0.350 e. The Morgan fingerprint density at radius 2 is 1.86 bits per heavy atom. The second-order valence-corrected chi connectivity index (χ2v) is 5.70. The van der Waals surface area contributed by atoms with Crippen molar-refractivity contribution >= 4 is 29.9 Å². The zero-order valence-electron chi connectivity index (χ0n) is 13.0. The number of rotatable bonds is 4. The Bertz CT molecular complexity index is 497. The van der Waals surface area contributed by atoms with Gasteiger partial charge in [-0.15, -0.1) is 12.4 Å². The standard InChI is InChI=1S/C16H23N3O2.ClH/c1-11(2)18-15(20)12-6-8-13(9-7-12)19-16(21)14-5-3-4-10-17-14;/h6-9,11,14,17H,3-5,10H2,1-2H3,(H,18,20)(H,19,21);1H/t14-;/m0./s1. The summed E-state index contributed by atoms with van der Waals surface area (Å²) in [5.41, 5.74) is 1.31. The molecule has 1 heterocycles. The van der Waals surface area contributed by atoms with E-state index < -0.39 is 0 Å². The first kappa shape index (κ1) is 18.5. The van der Waals surface area contributed by atoms with Crippen molar-refractivity contribution in [2.45, 2.75) is 45.2 Å². The molecule has 0 saturated carbocycles. The fraction of sp³-hybridized carbons (Fsp3) is 0.500. The first-order valence-corrected chi connectivity index (χ1v) is 7.51. The molecule has 1 aliphatic heterocycles. The van der Waals surface area contributed by atoms with Gasteiger partial charge in [0.15, 0.2) is 0 Å². The Hall–Kier alpha value is -1.59. The highest BCUT2D eigenvalue weighted by Gasteiger charge is 2.20. The number of amides is 2. The van der Waals surface area contributed by atoms with E-state index in [9.17, 15) is 9.59 Å². The molecule has 22 heavy (non-hydrogen) atoms. The molecule has 122 valence electrons. The molecule has 2 rings (SSSR count). The SMILES string of the molecule is CC(C)NC(=O)c1ccc(NC(=O)[C@@H]2CCCCN2)cc1.Cl. The topological polar surface area (TPSA) is 70.2 Å². The van der Waals surface area contributed by atoms with Gasteiger partial charge in [-0.05, 0) is 57.5 Å². The van der Waals surface area contributed by atoms with Crippen molar-refractivity contribution in [2.24, 2.45) is 0 Å². The lowest BCUT2D eigenvalue weighted by Crippen LogP contribution is -2.43. The van der Waals surface area contributed by atoms with Crippen LogP contribution in [0.2, 0.25) is 0 Å². The Morgan fingerprint density at radius 3 is 2.41 bits per heavy atom. The molecule has 1 aromatic carbocycles. The summed E-state index contributed by atoms with van der Waals surface area (Å²) < 4.78 is 0. The second kappa shape index (κ2) is 8.76. The summed E-state index contributed by atoms with van der Waals surface area (Å²) in [6.45, 7) is 4.74. The van der Waals surface area contributed by atoms with Gasteiger partial charge in [-0.1, -0.05) is 6.42 Å². The number of carbonyl (C=O) groups excluding carboxylic acids is 2. The summed E-state index contributed by atoms with van der Waals surface area (Å²) >= 11 is 0. The molecule has 0 aromatic heterocycles. The molecule has 0 spiro atoms. The monoisotopic (exact) mass is 325 g/mol. The van der Waals surface area contributed by atoms with Crippen molar-refractivity contribution in [3.8, 4) is 0 Å². The number of carbonyl (C=O) groups is 2. The lowest BCUT2D eigenvalue weighted by Gasteiger charge is -2.22. The Labute approximate surface area is 137 Å². The molecule has 0 unspecified atom stereocenters. The van der Waals surface area contributed by atoms with Gasteiger partial charge in [-0.2, -0.15) is 0 Å². The Kier molecular flexibility index (Phi) is 7.35. The fourth-order valence-electron chi connectivity index (χ4n) is 2.36. The van der Waals surface area contributed by atoms with Crippen LogP contribution in [0.1, 0.15) is 43.5 Å². The van der Waals surface area contributed by atoms with Crippen LogP contribution >= 0.6 is 12.4 Å². The van der Waals surface area contributed by atoms with Crippen LogP contribution in [0.15, 0.2) is 24.3 Å². The summed E-state index contributed by atoms with van der Waals surface area (Å²) in [4.78, 5) is 23.9. The van der Waals surface area contributed by atoms with Gasteiger partial charge in [-0.25, -0.2) is 0 Å². The molecule has 1 saturated heterocycles. The zero-order valence-corrected chi connectivity index (χ0v) is 13.8. The van der Waals surface area contributed by atoms with E-state index in [0.29, 0.717) is 11.3 Å². The highest BCUT2D eigenvalue weighted by molar-refractivity contribution is 5.97. The molecule has 0 radical (unpaired) electrons. The molecule has 1 fully saturated rings. The number of anilines is 1.